The minimum atomic E-state index is -2.32. The molecule has 0 rings (SSSR count). The van der Waals surface area contributed by atoms with Gasteiger partial charge in [-0.3, -0.25) is 14.4 Å². The maximum atomic E-state index is 10.7. The SMILES string of the molecule is CCCC([CH]C(=O)O)(C(=O)O)C(=O)O. The van der Waals surface area contributed by atoms with Gasteiger partial charge in [-0.2, -0.15) is 0 Å². The third-order valence-corrected chi connectivity index (χ3v) is 1.78. The van der Waals surface area contributed by atoms with E-state index in [1.165, 1.54) is 0 Å². The van der Waals surface area contributed by atoms with E-state index in [4.69, 9.17) is 15.3 Å². The van der Waals surface area contributed by atoms with E-state index in [1.807, 2.05) is 0 Å². The van der Waals surface area contributed by atoms with Gasteiger partial charge < -0.3 is 15.3 Å². The Morgan fingerprint density at radius 3 is 1.79 bits per heavy atom. The van der Waals surface area contributed by atoms with Gasteiger partial charge in [0, 0.05) is 0 Å². The molecule has 6 nitrogen and oxygen atoms in total. The Kier molecular flexibility index (Phi) is 4.07. The fourth-order valence-corrected chi connectivity index (χ4v) is 1.11. The fourth-order valence-electron chi connectivity index (χ4n) is 1.11. The summed E-state index contributed by atoms with van der Waals surface area (Å²) in [5.41, 5.74) is -2.32. The van der Waals surface area contributed by atoms with Crippen LogP contribution >= 0.6 is 0 Å². The van der Waals surface area contributed by atoms with Gasteiger partial charge in [0.05, 0.1) is 6.42 Å². The molecule has 1 radical (unpaired) electrons. The lowest BCUT2D eigenvalue weighted by atomic mass is 9.80. The highest BCUT2D eigenvalue weighted by molar-refractivity contribution is 6.05. The van der Waals surface area contributed by atoms with E-state index in [9.17, 15) is 14.4 Å². The Balaban J connectivity index is 5.04. The van der Waals surface area contributed by atoms with Crippen molar-refractivity contribution in [3.63, 3.8) is 0 Å². The maximum absolute atomic E-state index is 10.7. The van der Waals surface area contributed by atoms with E-state index in [2.05, 4.69) is 0 Å². The van der Waals surface area contributed by atoms with Gasteiger partial charge in [-0.25, -0.2) is 0 Å². The Morgan fingerprint density at radius 2 is 1.57 bits per heavy atom. The summed E-state index contributed by atoms with van der Waals surface area (Å²) in [6, 6.07) is 0. The van der Waals surface area contributed by atoms with Crippen molar-refractivity contribution in [3.8, 4) is 0 Å². The summed E-state index contributed by atoms with van der Waals surface area (Å²) in [6.07, 6.45) is 0.327. The first-order chi connectivity index (χ1) is 6.36. The average Bonchev–Trinajstić information content (AvgIpc) is 2.01. The zero-order valence-electron chi connectivity index (χ0n) is 7.56. The molecule has 0 aliphatic rings. The normalized spacial score (nSPS) is 10.9. The van der Waals surface area contributed by atoms with Gasteiger partial charge in [-0.15, -0.1) is 0 Å². The molecule has 0 aromatic heterocycles. The highest BCUT2D eigenvalue weighted by atomic mass is 16.4. The molecule has 0 bridgehead atoms. The lowest BCUT2D eigenvalue weighted by Gasteiger charge is -2.21. The van der Waals surface area contributed by atoms with Crippen molar-refractivity contribution in [2.45, 2.75) is 19.8 Å². The second kappa shape index (κ2) is 4.59. The molecule has 0 amide bonds. The van der Waals surface area contributed by atoms with Crippen LogP contribution in [0.15, 0.2) is 0 Å². The summed E-state index contributed by atoms with van der Waals surface area (Å²) in [7, 11) is 0. The third kappa shape index (κ3) is 2.45. The van der Waals surface area contributed by atoms with Crippen LogP contribution in [0, 0.1) is 11.8 Å². The smallest absolute Gasteiger partial charge is 0.321 e. The Hall–Kier alpha value is -1.59. The van der Waals surface area contributed by atoms with Crippen molar-refractivity contribution in [1.29, 1.82) is 0 Å². The molecule has 3 N–H and O–H groups in total. The number of rotatable bonds is 6. The van der Waals surface area contributed by atoms with Crippen molar-refractivity contribution in [2.75, 3.05) is 0 Å². The number of aliphatic carboxylic acids is 3. The van der Waals surface area contributed by atoms with Crippen molar-refractivity contribution in [3.05, 3.63) is 6.42 Å². The van der Waals surface area contributed by atoms with Crippen LogP contribution in [0.4, 0.5) is 0 Å². The summed E-state index contributed by atoms with van der Waals surface area (Å²) < 4.78 is 0. The number of carbonyl (C=O) groups is 3. The van der Waals surface area contributed by atoms with Crippen molar-refractivity contribution < 1.29 is 29.7 Å². The average molecular weight is 203 g/mol. The molecule has 0 aliphatic carbocycles. The van der Waals surface area contributed by atoms with Gasteiger partial charge in [0.25, 0.3) is 0 Å². The third-order valence-electron chi connectivity index (χ3n) is 1.78. The number of hydrogen-bond donors (Lipinski definition) is 3. The fraction of sp³-hybridized carbons (Fsp3) is 0.500. The van der Waals surface area contributed by atoms with Crippen LogP contribution in [0.3, 0.4) is 0 Å². The lowest BCUT2D eigenvalue weighted by Crippen LogP contribution is -2.41. The summed E-state index contributed by atoms with van der Waals surface area (Å²) in [5, 5.41) is 25.8. The molecule has 0 saturated heterocycles. The van der Waals surface area contributed by atoms with E-state index in [-0.39, 0.29) is 12.8 Å². The molecule has 0 aromatic rings. The van der Waals surface area contributed by atoms with Gasteiger partial charge in [0.1, 0.15) is 0 Å². The summed E-state index contributed by atoms with van der Waals surface area (Å²) in [6.45, 7) is 1.58. The van der Waals surface area contributed by atoms with Crippen LogP contribution in [0.25, 0.3) is 0 Å². The quantitative estimate of drug-likeness (QED) is 0.533. The minimum Gasteiger partial charge on any atom is -0.481 e. The molecule has 0 unspecified atom stereocenters. The number of carboxylic acid groups (broad SMARTS) is 3. The molecule has 0 heterocycles. The topological polar surface area (TPSA) is 112 Å². The molecule has 79 valence electrons. The standard InChI is InChI=1S/C8H11O6/c1-2-3-8(6(11)12,7(13)14)4-5(9)10/h4H,2-3H2,1H3,(H,9,10)(H,11,12)(H,13,14). The highest BCUT2D eigenvalue weighted by Gasteiger charge is 2.48. The lowest BCUT2D eigenvalue weighted by molar-refractivity contribution is -0.165. The molecule has 6 heteroatoms. The van der Waals surface area contributed by atoms with Crippen LogP contribution < -0.4 is 0 Å². The Bertz CT molecular complexity index is 243. The van der Waals surface area contributed by atoms with E-state index >= 15 is 0 Å². The Morgan fingerprint density at radius 1 is 1.14 bits per heavy atom. The van der Waals surface area contributed by atoms with Gasteiger partial charge >= 0.3 is 17.9 Å². The predicted molar refractivity (Wildman–Crippen MR) is 44.5 cm³/mol. The molecule has 0 aliphatic heterocycles. The Labute approximate surface area is 80.2 Å². The zero-order valence-corrected chi connectivity index (χ0v) is 7.56. The summed E-state index contributed by atoms with van der Waals surface area (Å²) in [4.78, 5) is 31.7. The maximum Gasteiger partial charge on any atom is 0.321 e. The van der Waals surface area contributed by atoms with Crippen LogP contribution in [0.1, 0.15) is 19.8 Å². The van der Waals surface area contributed by atoms with Crippen LogP contribution in [-0.2, 0) is 14.4 Å². The first-order valence-electron chi connectivity index (χ1n) is 3.92. The second-order valence-electron chi connectivity index (χ2n) is 2.81. The first-order valence-corrected chi connectivity index (χ1v) is 3.92. The minimum absolute atomic E-state index is 0.246. The van der Waals surface area contributed by atoms with Crippen molar-refractivity contribution in [1.82, 2.24) is 0 Å². The monoisotopic (exact) mass is 203 g/mol. The van der Waals surface area contributed by atoms with E-state index in [0.29, 0.717) is 6.42 Å². The predicted octanol–water partition coefficient (Wildman–Crippen LogP) is 0.231. The zero-order chi connectivity index (χ0) is 11.4. The first kappa shape index (κ1) is 12.4. The molecule has 0 saturated carbocycles. The highest BCUT2D eigenvalue weighted by Crippen LogP contribution is 2.28. The van der Waals surface area contributed by atoms with Crippen molar-refractivity contribution >= 4 is 17.9 Å². The van der Waals surface area contributed by atoms with Crippen molar-refractivity contribution in [2.24, 2.45) is 5.41 Å². The van der Waals surface area contributed by atoms with Crippen LogP contribution in [0.2, 0.25) is 0 Å². The molecule has 0 atom stereocenters. The van der Waals surface area contributed by atoms with Gasteiger partial charge in [0.2, 0.25) is 0 Å². The number of hydrogen-bond acceptors (Lipinski definition) is 3. The number of carboxylic acids is 3. The second-order valence-corrected chi connectivity index (χ2v) is 2.81. The largest absolute Gasteiger partial charge is 0.481 e. The molecular formula is C8H11O6. The van der Waals surface area contributed by atoms with E-state index in [1.54, 1.807) is 6.92 Å². The van der Waals surface area contributed by atoms with Gasteiger partial charge in [-0.05, 0) is 6.42 Å². The summed E-state index contributed by atoms with van der Waals surface area (Å²) in [5.74, 6) is -4.87. The van der Waals surface area contributed by atoms with Crippen LogP contribution in [0.5, 0.6) is 0 Å². The molecular weight excluding hydrogens is 192 g/mol. The van der Waals surface area contributed by atoms with Gasteiger partial charge in [0.15, 0.2) is 5.41 Å². The van der Waals surface area contributed by atoms with E-state index in [0.717, 1.165) is 0 Å². The van der Waals surface area contributed by atoms with Gasteiger partial charge in [-0.1, -0.05) is 13.3 Å². The van der Waals surface area contributed by atoms with Crippen LogP contribution in [-0.4, -0.2) is 33.2 Å². The molecule has 14 heavy (non-hydrogen) atoms. The molecule has 0 aromatic carbocycles. The van der Waals surface area contributed by atoms with E-state index < -0.39 is 23.3 Å². The summed E-state index contributed by atoms with van der Waals surface area (Å²) >= 11 is 0. The molecule has 0 spiro atoms. The molecule has 0 fully saturated rings.